The molecule has 166 valence electrons. The molecule has 0 saturated carbocycles. The molecule has 1 atom stereocenters. The molecule has 5 nitrogen and oxygen atoms in total. The molecule has 0 heterocycles. The second-order valence-corrected chi connectivity index (χ2v) is 8.95. The lowest BCUT2D eigenvalue weighted by atomic mass is 9.75. The van der Waals surface area contributed by atoms with Crippen LogP contribution >= 0.6 is 0 Å². The number of hydrogen-bond donors (Lipinski definition) is 3. The van der Waals surface area contributed by atoms with Crippen LogP contribution in [0, 0.1) is 5.92 Å². The highest BCUT2D eigenvalue weighted by Crippen LogP contribution is 2.31. The summed E-state index contributed by atoms with van der Waals surface area (Å²) in [6.07, 6.45) is 20.1. The Morgan fingerprint density at radius 2 is 1.07 bits per heavy atom. The zero-order valence-corrected chi connectivity index (χ0v) is 19.2. The van der Waals surface area contributed by atoms with Crippen molar-refractivity contribution >= 4 is 10.4 Å². The molecule has 0 aliphatic heterocycles. The van der Waals surface area contributed by atoms with Crippen molar-refractivity contribution in [1.82, 2.24) is 0 Å². The van der Waals surface area contributed by atoms with Gasteiger partial charge in [0.2, 0.25) is 0 Å². The van der Waals surface area contributed by atoms with Crippen molar-refractivity contribution < 1.29 is 17.5 Å². The van der Waals surface area contributed by atoms with Crippen LogP contribution in [0.2, 0.25) is 0 Å². The predicted octanol–water partition coefficient (Wildman–Crippen LogP) is 6.58. The van der Waals surface area contributed by atoms with Crippen molar-refractivity contribution in [2.75, 3.05) is 0 Å². The Kier molecular flexibility index (Phi) is 19.2. The van der Waals surface area contributed by atoms with Crippen LogP contribution in [0.5, 0.6) is 0 Å². The molecule has 0 aliphatic rings. The third kappa shape index (κ3) is 22.0. The van der Waals surface area contributed by atoms with Crippen LogP contribution in [-0.2, 0) is 10.4 Å². The number of rotatable bonds is 16. The Labute approximate surface area is 169 Å². The van der Waals surface area contributed by atoms with E-state index in [1.807, 2.05) is 0 Å². The van der Waals surface area contributed by atoms with Crippen LogP contribution in [0.4, 0.5) is 0 Å². The van der Waals surface area contributed by atoms with Crippen LogP contribution in [0.1, 0.15) is 124 Å². The van der Waals surface area contributed by atoms with Gasteiger partial charge >= 0.3 is 10.4 Å². The van der Waals surface area contributed by atoms with Gasteiger partial charge in [0, 0.05) is 5.54 Å². The molecule has 0 amide bonds. The Balaban J connectivity index is 0. The van der Waals surface area contributed by atoms with Crippen molar-refractivity contribution in [3.8, 4) is 0 Å². The molecule has 0 aromatic carbocycles. The summed E-state index contributed by atoms with van der Waals surface area (Å²) in [6, 6.07) is 0. The first kappa shape index (κ1) is 29.0. The second kappa shape index (κ2) is 17.9. The quantitative estimate of drug-likeness (QED) is 0.197. The molecule has 0 aromatic rings. The Morgan fingerprint density at radius 3 is 1.41 bits per heavy atom. The van der Waals surface area contributed by atoms with E-state index in [-0.39, 0.29) is 5.54 Å². The Morgan fingerprint density at radius 1 is 0.741 bits per heavy atom. The fraction of sp³-hybridized carbons (Fsp3) is 1.00. The first-order chi connectivity index (χ1) is 12.6. The zero-order valence-electron chi connectivity index (χ0n) is 18.4. The number of hydrogen-bond acceptors (Lipinski definition) is 3. The number of unbranched alkanes of at least 4 members (excludes halogenated alkanes) is 9. The van der Waals surface area contributed by atoms with Gasteiger partial charge in [0.05, 0.1) is 0 Å². The van der Waals surface area contributed by atoms with Crippen molar-refractivity contribution in [2.24, 2.45) is 11.7 Å². The maximum absolute atomic E-state index is 8.74. The average molecular weight is 410 g/mol. The lowest BCUT2D eigenvalue weighted by molar-refractivity contribution is 0.220. The van der Waals surface area contributed by atoms with E-state index in [4.69, 9.17) is 23.3 Å². The highest BCUT2D eigenvalue weighted by molar-refractivity contribution is 7.79. The van der Waals surface area contributed by atoms with Crippen molar-refractivity contribution in [2.45, 2.75) is 130 Å². The smallest absolute Gasteiger partial charge is 0.325 e. The largest absolute Gasteiger partial charge is 0.394 e. The fourth-order valence-corrected chi connectivity index (χ4v) is 3.54. The van der Waals surface area contributed by atoms with Crippen molar-refractivity contribution in [1.29, 1.82) is 0 Å². The van der Waals surface area contributed by atoms with Gasteiger partial charge in [-0.25, -0.2) is 0 Å². The molecule has 4 N–H and O–H groups in total. The van der Waals surface area contributed by atoms with E-state index in [2.05, 4.69) is 27.7 Å². The third-order valence-electron chi connectivity index (χ3n) is 5.46. The van der Waals surface area contributed by atoms with Gasteiger partial charge in [-0.2, -0.15) is 8.42 Å². The topological polar surface area (TPSA) is 101 Å². The van der Waals surface area contributed by atoms with Crippen LogP contribution in [-0.4, -0.2) is 23.1 Å². The van der Waals surface area contributed by atoms with Crippen LogP contribution in [0.25, 0.3) is 0 Å². The molecule has 0 rings (SSSR count). The molecule has 1 unspecified atom stereocenters. The minimum atomic E-state index is -4.67. The predicted molar refractivity (Wildman–Crippen MR) is 117 cm³/mol. The Hall–Kier alpha value is -0.170. The standard InChI is InChI=1S/C21H45N.H2O4S/c1-5-8-11-14-17-20(4)21(22,18-15-12-9-6-2)19-16-13-10-7-3;1-5(2,3)4/h20H,5-19,22H2,1-4H3;(H2,1,2,3,4). The van der Waals surface area contributed by atoms with Crippen LogP contribution in [0.15, 0.2) is 0 Å². The first-order valence-electron chi connectivity index (χ1n) is 11.1. The van der Waals surface area contributed by atoms with Gasteiger partial charge in [-0.15, -0.1) is 0 Å². The van der Waals surface area contributed by atoms with E-state index in [9.17, 15) is 0 Å². The van der Waals surface area contributed by atoms with Gasteiger partial charge in [0.15, 0.2) is 0 Å². The number of nitrogens with two attached hydrogens (primary N) is 1. The van der Waals surface area contributed by atoms with E-state index in [1.165, 1.54) is 96.3 Å². The highest BCUT2D eigenvalue weighted by atomic mass is 32.3. The molecule has 0 bridgehead atoms. The zero-order chi connectivity index (χ0) is 21.2. The minimum absolute atomic E-state index is 0.105. The van der Waals surface area contributed by atoms with Gasteiger partial charge in [0.25, 0.3) is 0 Å². The molecule has 0 saturated heterocycles. The third-order valence-corrected chi connectivity index (χ3v) is 5.46. The summed E-state index contributed by atoms with van der Waals surface area (Å²) in [6.45, 7) is 9.29. The first-order valence-corrected chi connectivity index (χ1v) is 12.5. The summed E-state index contributed by atoms with van der Waals surface area (Å²) in [7, 11) is -4.67. The van der Waals surface area contributed by atoms with Crippen molar-refractivity contribution in [3.63, 3.8) is 0 Å². The van der Waals surface area contributed by atoms with Crippen LogP contribution < -0.4 is 5.73 Å². The lowest BCUT2D eigenvalue weighted by Crippen LogP contribution is -2.46. The minimum Gasteiger partial charge on any atom is -0.325 e. The molecule has 6 heteroatoms. The van der Waals surface area contributed by atoms with Gasteiger partial charge < -0.3 is 5.73 Å². The van der Waals surface area contributed by atoms with Gasteiger partial charge in [0.1, 0.15) is 0 Å². The maximum atomic E-state index is 8.74. The molecular weight excluding hydrogens is 362 g/mol. The average Bonchev–Trinajstić information content (AvgIpc) is 2.58. The van der Waals surface area contributed by atoms with Crippen LogP contribution in [0.3, 0.4) is 0 Å². The lowest BCUT2D eigenvalue weighted by Gasteiger charge is -2.36. The molecule has 0 aromatic heterocycles. The summed E-state index contributed by atoms with van der Waals surface area (Å²) in [5.74, 6) is 0.688. The summed E-state index contributed by atoms with van der Waals surface area (Å²) < 4.78 is 31.6. The normalized spacial score (nSPS) is 13.1. The molecule has 27 heavy (non-hydrogen) atoms. The summed E-state index contributed by atoms with van der Waals surface area (Å²) in [5, 5.41) is 0. The van der Waals surface area contributed by atoms with E-state index >= 15 is 0 Å². The highest BCUT2D eigenvalue weighted by Gasteiger charge is 2.30. The maximum Gasteiger partial charge on any atom is 0.394 e. The summed E-state index contributed by atoms with van der Waals surface area (Å²) in [4.78, 5) is 0. The second-order valence-electron chi connectivity index (χ2n) is 8.05. The summed E-state index contributed by atoms with van der Waals surface area (Å²) >= 11 is 0. The van der Waals surface area contributed by atoms with Gasteiger partial charge in [-0.3, -0.25) is 9.11 Å². The van der Waals surface area contributed by atoms with Crippen molar-refractivity contribution in [3.05, 3.63) is 0 Å². The van der Waals surface area contributed by atoms with E-state index < -0.39 is 10.4 Å². The van der Waals surface area contributed by atoms with E-state index in [0.717, 1.165) is 0 Å². The molecule has 0 fully saturated rings. The molecule has 0 spiro atoms. The van der Waals surface area contributed by atoms with Gasteiger partial charge in [-0.1, -0.05) is 105 Å². The monoisotopic (exact) mass is 409 g/mol. The molecular formula is C21H47NO4S. The van der Waals surface area contributed by atoms with Gasteiger partial charge in [-0.05, 0) is 25.2 Å². The van der Waals surface area contributed by atoms with E-state index in [0.29, 0.717) is 5.92 Å². The summed E-state index contributed by atoms with van der Waals surface area (Å²) in [5.41, 5.74) is 7.03. The Bertz CT molecular complexity index is 392. The molecule has 0 aliphatic carbocycles. The SMILES string of the molecule is CCCCCCC(C)C(N)(CCCCCC)CCCCCC.O=S(=O)(O)O. The molecule has 0 radical (unpaired) electrons. The fourth-order valence-electron chi connectivity index (χ4n) is 3.54. The van der Waals surface area contributed by atoms with E-state index in [1.54, 1.807) is 0 Å².